The minimum atomic E-state index is -0.414. The van der Waals surface area contributed by atoms with E-state index in [2.05, 4.69) is 9.36 Å². The highest BCUT2D eigenvalue weighted by molar-refractivity contribution is 7.07. The number of halogens is 1. The molecule has 1 aromatic carbocycles. The normalized spacial score (nSPS) is 19.1. The van der Waals surface area contributed by atoms with Gasteiger partial charge in [-0.25, -0.2) is 9.37 Å². The molecule has 11 heteroatoms. The fraction of sp³-hybridized carbons (Fsp3) is 0.400. The Morgan fingerprint density at radius 2 is 1.94 bits per heavy atom. The summed E-state index contributed by atoms with van der Waals surface area (Å²) in [7, 11) is 0. The summed E-state index contributed by atoms with van der Waals surface area (Å²) in [6.45, 7) is 2.86. The molecule has 2 aromatic rings. The van der Waals surface area contributed by atoms with Crippen molar-refractivity contribution < 1.29 is 14.0 Å². The van der Waals surface area contributed by atoms with Crippen molar-refractivity contribution in [3.63, 3.8) is 0 Å². The first kappa shape index (κ1) is 21.0. The molecule has 2 saturated heterocycles. The maximum atomic E-state index is 13.1. The molecular weight excluding hydrogens is 421 g/mol. The fourth-order valence-electron chi connectivity index (χ4n) is 3.89. The van der Waals surface area contributed by atoms with Crippen LogP contribution < -0.4 is 0 Å². The Labute approximate surface area is 182 Å². The number of rotatable bonds is 3. The van der Waals surface area contributed by atoms with Crippen molar-refractivity contribution >= 4 is 35.0 Å². The van der Waals surface area contributed by atoms with Gasteiger partial charge in [0.15, 0.2) is 16.7 Å². The van der Waals surface area contributed by atoms with E-state index < -0.39 is 5.82 Å². The second-order valence-electron chi connectivity index (χ2n) is 7.51. The first-order valence-electron chi connectivity index (χ1n) is 9.94. The lowest BCUT2D eigenvalue weighted by Gasteiger charge is -2.35. The molecule has 9 nitrogen and oxygen atoms in total. The summed E-state index contributed by atoms with van der Waals surface area (Å²) in [5.41, 5.74) is 0.359. The topological polar surface area (TPSA) is 117 Å². The van der Waals surface area contributed by atoms with Gasteiger partial charge in [-0.05, 0) is 48.6 Å². The summed E-state index contributed by atoms with van der Waals surface area (Å²) in [5, 5.41) is 17.2. The van der Waals surface area contributed by atoms with Crippen LogP contribution in [-0.4, -0.2) is 73.7 Å². The largest absolute Gasteiger partial charge is 0.333 e. The summed E-state index contributed by atoms with van der Waals surface area (Å²) in [5.74, 6) is -0.000787. The summed E-state index contributed by atoms with van der Waals surface area (Å²) >= 11 is 1.08. The number of likely N-dealkylation sites (tertiary alicyclic amines) is 1. The predicted octanol–water partition coefficient (Wildman–Crippen LogP) is 2.12. The maximum absolute atomic E-state index is 13.1. The van der Waals surface area contributed by atoms with Gasteiger partial charge < -0.3 is 14.7 Å². The maximum Gasteiger partial charge on any atom is 0.254 e. The van der Waals surface area contributed by atoms with Gasteiger partial charge in [0.05, 0.1) is 12.6 Å². The third-order valence-corrected chi connectivity index (χ3v) is 6.24. The Morgan fingerprint density at radius 3 is 2.61 bits per heavy atom. The highest BCUT2D eigenvalue weighted by Gasteiger charge is 2.33. The Bertz CT molecular complexity index is 1040. The van der Waals surface area contributed by atoms with Crippen LogP contribution in [0.1, 0.15) is 47.0 Å². The van der Waals surface area contributed by atoms with Gasteiger partial charge in [0.1, 0.15) is 11.7 Å². The fourth-order valence-corrected chi connectivity index (χ4v) is 4.56. The third-order valence-electron chi connectivity index (χ3n) is 5.51. The molecule has 3 heterocycles. The van der Waals surface area contributed by atoms with E-state index in [1.807, 2.05) is 0 Å². The number of piperazine rings is 1. The van der Waals surface area contributed by atoms with Crippen LogP contribution in [-0.2, 0) is 4.79 Å². The number of benzene rings is 1. The van der Waals surface area contributed by atoms with Gasteiger partial charge in [0.2, 0.25) is 5.91 Å². The van der Waals surface area contributed by atoms with Crippen molar-refractivity contribution in [3.05, 3.63) is 46.5 Å². The first-order chi connectivity index (χ1) is 14.8. The van der Waals surface area contributed by atoms with Gasteiger partial charge in [0.25, 0.3) is 5.91 Å². The molecule has 162 valence electrons. The van der Waals surface area contributed by atoms with Crippen molar-refractivity contribution in [2.24, 2.45) is 0 Å². The van der Waals surface area contributed by atoms with E-state index in [0.29, 0.717) is 29.5 Å². The smallest absolute Gasteiger partial charge is 0.254 e. The van der Waals surface area contributed by atoms with Gasteiger partial charge in [-0.3, -0.25) is 20.4 Å². The van der Waals surface area contributed by atoms with Crippen LogP contribution in [0.3, 0.4) is 0 Å². The minimum Gasteiger partial charge on any atom is -0.333 e. The molecule has 2 fully saturated rings. The molecule has 1 aromatic heterocycles. The molecule has 0 bridgehead atoms. The second-order valence-corrected chi connectivity index (χ2v) is 8.26. The number of hydrogen-bond acceptors (Lipinski definition) is 7. The zero-order valence-electron chi connectivity index (χ0n) is 17.0. The predicted molar refractivity (Wildman–Crippen MR) is 113 cm³/mol. The van der Waals surface area contributed by atoms with Crippen LogP contribution in [0, 0.1) is 16.6 Å². The van der Waals surface area contributed by atoms with Gasteiger partial charge in [0, 0.05) is 32.1 Å². The van der Waals surface area contributed by atoms with E-state index in [9.17, 15) is 14.0 Å². The molecule has 0 spiro atoms. The molecule has 0 aliphatic carbocycles. The number of amidine groups is 2. The molecule has 1 unspecified atom stereocenters. The van der Waals surface area contributed by atoms with E-state index in [0.717, 1.165) is 24.4 Å². The average molecular weight is 444 g/mol. The summed E-state index contributed by atoms with van der Waals surface area (Å²) in [4.78, 5) is 33.7. The van der Waals surface area contributed by atoms with E-state index >= 15 is 0 Å². The van der Waals surface area contributed by atoms with Crippen molar-refractivity contribution in [2.45, 2.75) is 25.8 Å². The lowest BCUT2D eigenvalue weighted by atomic mass is 10.1. The number of aromatic nitrogens is 2. The molecule has 4 rings (SSSR count). The first-order valence-corrected chi connectivity index (χ1v) is 10.7. The molecule has 2 N–H and O–H groups in total. The van der Waals surface area contributed by atoms with Crippen molar-refractivity contribution in [3.8, 4) is 0 Å². The van der Waals surface area contributed by atoms with Gasteiger partial charge in [-0.15, -0.1) is 0 Å². The number of carbonyl (C=O) groups excluding carboxylic acids is 2. The van der Waals surface area contributed by atoms with E-state index in [-0.39, 0.29) is 42.6 Å². The monoisotopic (exact) mass is 443 g/mol. The van der Waals surface area contributed by atoms with Crippen molar-refractivity contribution in [1.82, 2.24) is 24.1 Å². The standard InChI is InChI=1S/C20H22FN7O2S/c1-12(29)27-8-2-3-15(27)18-24-19(31-25-18)17(23)28-10-9-26(11-16(28)22)20(30)13-4-6-14(21)7-5-13/h4-7,15,22-23H,2-3,8-11H2,1H3. The van der Waals surface area contributed by atoms with Crippen LogP contribution >= 0.6 is 11.5 Å². The number of carbonyl (C=O) groups is 2. The highest BCUT2D eigenvalue weighted by Crippen LogP contribution is 2.31. The van der Waals surface area contributed by atoms with Crippen molar-refractivity contribution in [2.75, 3.05) is 26.2 Å². The summed E-state index contributed by atoms with van der Waals surface area (Å²) in [6.07, 6.45) is 1.69. The zero-order valence-corrected chi connectivity index (χ0v) is 17.8. The molecule has 2 amide bonds. The SMILES string of the molecule is CC(=O)N1CCCC1c1nsc(C(=N)N2CCN(C(=O)c3ccc(F)cc3)CC2=N)n1. The molecule has 2 aliphatic heterocycles. The molecule has 2 aliphatic rings. The van der Waals surface area contributed by atoms with E-state index in [1.165, 1.54) is 41.0 Å². The van der Waals surface area contributed by atoms with Gasteiger partial charge in [-0.2, -0.15) is 4.37 Å². The Kier molecular flexibility index (Phi) is 5.77. The average Bonchev–Trinajstić information content (AvgIpc) is 3.43. The Hall–Kier alpha value is -3.21. The Balaban J connectivity index is 1.42. The van der Waals surface area contributed by atoms with Crippen LogP contribution in [0.4, 0.5) is 4.39 Å². The number of amides is 2. The summed E-state index contributed by atoms with van der Waals surface area (Å²) < 4.78 is 17.5. The Morgan fingerprint density at radius 1 is 1.19 bits per heavy atom. The van der Waals surface area contributed by atoms with Crippen LogP contribution in [0.5, 0.6) is 0 Å². The highest BCUT2D eigenvalue weighted by atomic mass is 32.1. The molecule has 0 saturated carbocycles. The molecule has 31 heavy (non-hydrogen) atoms. The molecule has 1 atom stereocenters. The minimum absolute atomic E-state index is 0.0161. The van der Waals surface area contributed by atoms with Gasteiger partial charge >= 0.3 is 0 Å². The number of nitrogens with zero attached hydrogens (tertiary/aromatic N) is 5. The summed E-state index contributed by atoms with van der Waals surface area (Å²) in [6, 6.07) is 5.14. The van der Waals surface area contributed by atoms with E-state index in [1.54, 1.807) is 4.90 Å². The zero-order chi connectivity index (χ0) is 22.1. The van der Waals surface area contributed by atoms with Gasteiger partial charge in [-0.1, -0.05) is 0 Å². The van der Waals surface area contributed by atoms with Crippen molar-refractivity contribution in [1.29, 1.82) is 10.8 Å². The lowest BCUT2D eigenvalue weighted by molar-refractivity contribution is -0.129. The second kappa shape index (κ2) is 8.50. The van der Waals surface area contributed by atoms with Crippen LogP contribution in [0.2, 0.25) is 0 Å². The third kappa shape index (κ3) is 4.18. The van der Waals surface area contributed by atoms with Crippen LogP contribution in [0.15, 0.2) is 24.3 Å². The number of nitrogens with one attached hydrogen (secondary N) is 2. The lowest BCUT2D eigenvalue weighted by Crippen LogP contribution is -2.53. The molecule has 0 radical (unpaired) electrons. The quantitative estimate of drug-likeness (QED) is 0.557. The molecular formula is C20H22FN7O2S. The van der Waals surface area contributed by atoms with E-state index in [4.69, 9.17) is 10.8 Å². The number of hydrogen-bond donors (Lipinski definition) is 2. The van der Waals surface area contributed by atoms with Crippen LogP contribution in [0.25, 0.3) is 0 Å².